The molecule has 19 heavy (non-hydrogen) atoms. The number of nitrogens with two attached hydrogens (primary N) is 1. The van der Waals surface area contributed by atoms with Crippen molar-refractivity contribution in [3.8, 4) is 11.8 Å². The van der Waals surface area contributed by atoms with Crippen LogP contribution in [0.5, 0.6) is 5.75 Å². The van der Waals surface area contributed by atoms with Gasteiger partial charge in [-0.2, -0.15) is 5.26 Å². The molecule has 4 heteroatoms. The summed E-state index contributed by atoms with van der Waals surface area (Å²) >= 11 is 0. The third-order valence-corrected chi connectivity index (χ3v) is 2.65. The van der Waals surface area contributed by atoms with Crippen LogP contribution in [0.25, 0.3) is 0 Å². The van der Waals surface area contributed by atoms with Crippen LogP contribution < -0.4 is 10.5 Å². The van der Waals surface area contributed by atoms with E-state index in [1.54, 1.807) is 36.4 Å². The van der Waals surface area contributed by atoms with Crippen LogP contribution >= 0.6 is 0 Å². The summed E-state index contributed by atoms with van der Waals surface area (Å²) in [7, 11) is 0. The van der Waals surface area contributed by atoms with E-state index < -0.39 is 5.91 Å². The van der Waals surface area contributed by atoms with E-state index in [9.17, 15) is 4.79 Å². The van der Waals surface area contributed by atoms with Crippen molar-refractivity contribution < 1.29 is 9.53 Å². The molecule has 0 aromatic heterocycles. The Morgan fingerprint density at radius 1 is 1.21 bits per heavy atom. The Hall–Kier alpha value is -2.80. The molecule has 0 unspecified atom stereocenters. The van der Waals surface area contributed by atoms with E-state index in [1.807, 2.05) is 12.1 Å². The van der Waals surface area contributed by atoms with E-state index in [0.29, 0.717) is 16.9 Å². The summed E-state index contributed by atoms with van der Waals surface area (Å²) in [6, 6.07) is 16.0. The lowest BCUT2D eigenvalue weighted by molar-refractivity contribution is 0.1000. The van der Waals surface area contributed by atoms with E-state index in [1.165, 1.54) is 0 Å². The van der Waals surface area contributed by atoms with Gasteiger partial charge >= 0.3 is 0 Å². The van der Waals surface area contributed by atoms with Crippen molar-refractivity contribution in [2.24, 2.45) is 5.73 Å². The maximum Gasteiger partial charge on any atom is 0.248 e. The highest BCUT2D eigenvalue weighted by Crippen LogP contribution is 2.16. The first-order valence-corrected chi connectivity index (χ1v) is 5.71. The zero-order chi connectivity index (χ0) is 13.7. The quantitative estimate of drug-likeness (QED) is 0.906. The Morgan fingerprint density at radius 3 is 2.74 bits per heavy atom. The van der Waals surface area contributed by atoms with Crippen molar-refractivity contribution in [1.82, 2.24) is 0 Å². The van der Waals surface area contributed by atoms with Gasteiger partial charge in [-0.25, -0.2) is 0 Å². The Morgan fingerprint density at radius 2 is 2.00 bits per heavy atom. The number of benzene rings is 2. The van der Waals surface area contributed by atoms with Crippen LogP contribution in [0.4, 0.5) is 0 Å². The first kappa shape index (κ1) is 12.7. The maximum atomic E-state index is 11.1. The van der Waals surface area contributed by atoms with Gasteiger partial charge in [0.1, 0.15) is 12.4 Å². The predicted octanol–water partition coefficient (Wildman–Crippen LogP) is 2.24. The lowest BCUT2D eigenvalue weighted by Crippen LogP contribution is -2.10. The van der Waals surface area contributed by atoms with E-state index in [4.69, 9.17) is 15.7 Å². The zero-order valence-electron chi connectivity index (χ0n) is 10.2. The van der Waals surface area contributed by atoms with Crippen LogP contribution in [0.1, 0.15) is 21.5 Å². The minimum atomic E-state index is -0.497. The molecule has 0 saturated carbocycles. The van der Waals surface area contributed by atoms with Crippen LogP contribution in [0.3, 0.4) is 0 Å². The standard InChI is InChI=1S/C15H12N2O2/c16-9-12-4-1-2-5-13(12)10-19-14-7-3-6-11(8-14)15(17)18/h1-8H,10H2,(H2,17,18). The number of ether oxygens (including phenoxy) is 1. The van der Waals surface area contributed by atoms with E-state index in [0.717, 1.165) is 5.56 Å². The molecular formula is C15H12N2O2. The minimum Gasteiger partial charge on any atom is -0.489 e. The van der Waals surface area contributed by atoms with Crippen LogP contribution in [0.15, 0.2) is 48.5 Å². The van der Waals surface area contributed by atoms with Gasteiger partial charge in [-0.1, -0.05) is 24.3 Å². The van der Waals surface area contributed by atoms with Crippen molar-refractivity contribution in [2.45, 2.75) is 6.61 Å². The summed E-state index contributed by atoms with van der Waals surface area (Å²) in [6.07, 6.45) is 0. The summed E-state index contributed by atoms with van der Waals surface area (Å²) in [6.45, 7) is 0.270. The minimum absolute atomic E-state index is 0.270. The average molecular weight is 252 g/mol. The molecule has 94 valence electrons. The van der Waals surface area contributed by atoms with Crippen LogP contribution in [0, 0.1) is 11.3 Å². The molecule has 0 bridgehead atoms. The highest BCUT2D eigenvalue weighted by Gasteiger charge is 2.04. The summed E-state index contributed by atoms with van der Waals surface area (Å²) < 4.78 is 5.57. The highest BCUT2D eigenvalue weighted by atomic mass is 16.5. The molecule has 2 rings (SSSR count). The van der Waals surface area contributed by atoms with Gasteiger partial charge in [0.05, 0.1) is 11.6 Å². The number of primary amides is 1. The fourth-order valence-corrected chi connectivity index (χ4v) is 1.66. The Balaban J connectivity index is 2.13. The normalized spacial score (nSPS) is 9.63. The summed E-state index contributed by atoms with van der Waals surface area (Å²) in [4.78, 5) is 11.1. The second-order valence-corrected chi connectivity index (χ2v) is 3.95. The van der Waals surface area contributed by atoms with Gasteiger partial charge in [0, 0.05) is 11.1 Å². The van der Waals surface area contributed by atoms with Gasteiger partial charge < -0.3 is 10.5 Å². The number of carbonyl (C=O) groups excluding carboxylic acids is 1. The molecule has 0 aliphatic rings. The zero-order valence-corrected chi connectivity index (χ0v) is 10.2. The molecule has 2 aromatic carbocycles. The molecule has 0 aliphatic carbocycles. The lowest BCUT2D eigenvalue weighted by atomic mass is 10.1. The van der Waals surface area contributed by atoms with Crippen molar-refractivity contribution in [1.29, 1.82) is 5.26 Å². The summed E-state index contributed by atoms with van der Waals surface area (Å²) in [5, 5.41) is 8.97. The number of nitrogens with zero attached hydrogens (tertiary/aromatic N) is 1. The average Bonchev–Trinajstić information content (AvgIpc) is 2.45. The fraction of sp³-hybridized carbons (Fsp3) is 0.0667. The van der Waals surface area contributed by atoms with Crippen LogP contribution in [-0.4, -0.2) is 5.91 Å². The second kappa shape index (κ2) is 5.69. The topological polar surface area (TPSA) is 76.1 Å². The molecular weight excluding hydrogens is 240 g/mol. The molecule has 0 fully saturated rings. The van der Waals surface area contributed by atoms with Crippen molar-refractivity contribution >= 4 is 5.91 Å². The van der Waals surface area contributed by atoms with Gasteiger partial charge in [-0.3, -0.25) is 4.79 Å². The highest BCUT2D eigenvalue weighted by molar-refractivity contribution is 5.93. The largest absolute Gasteiger partial charge is 0.489 e. The van der Waals surface area contributed by atoms with Crippen molar-refractivity contribution in [2.75, 3.05) is 0 Å². The Bertz CT molecular complexity index is 645. The number of nitriles is 1. The predicted molar refractivity (Wildman–Crippen MR) is 70.4 cm³/mol. The third-order valence-electron chi connectivity index (χ3n) is 2.65. The first-order chi connectivity index (χ1) is 9.20. The Kier molecular flexibility index (Phi) is 3.79. The van der Waals surface area contributed by atoms with Crippen LogP contribution in [-0.2, 0) is 6.61 Å². The summed E-state index contributed by atoms with van der Waals surface area (Å²) in [5.74, 6) is 0.0481. The van der Waals surface area contributed by atoms with Crippen molar-refractivity contribution in [3.63, 3.8) is 0 Å². The number of hydrogen-bond acceptors (Lipinski definition) is 3. The van der Waals surface area contributed by atoms with Crippen LogP contribution in [0.2, 0.25) is 0 Å². The number of amides is 1. The van der Waals surface area contributed by atoms with E-state index in [-0.39, 0.29) is 6.61 Å². The molecule has 2 aromatic rings. The van der Waals surface area contributed by atoms with E-state index in [2.05, 4.69) is 6.07 Å². The molecule has 0 aliphatic heterocycles. The third kappa shape index (κ3) is 3.11. The fourth-order valence-electron chi connectivity index (χ4n) is 1.66. The smallest absolute Gasteiger partial charge is 0.248 e. The van der Waals surface area contributed by atoms with E-state index >= 15 is 0 Å². The monoisotopic (exact) mass is 252 g/mol. The molecule has 4 nitrogen and oxygen atoms in total. The molecule has 0 radical (unpaired) electrons. The maximum absolute atomic E-state index is 11.1. The van der Waals surface area contributed by atoms with Gasteiger partial charge in [0.25, 0.3) is 0 Å². The molecule has 2 N–H and O–H groups in total. The first-order valence-electron chi connectivity index (χ1n) is 5.71. The second-order valence-electron chi connectivity index (χ2n) is 3.95. The summed E-state index contributed by atoms with van der Waals surface area (Å²) in [5.41, 5.74) is 6.97. The number of hydrogen-bond donors (Lipinski definition) is 1. The Labute approximate surface area is 111 Å². The SMILES string of the molecule is N#Cc1ccccc1COc1cccc(C(N)=O)c1. The van der Waals surface area contributed by atoms with Crippen molar-refractivity contribution in [3.05, 3.63) is 65.2 Å². The number of rotatable bonds is 4. The molecule has 0 atom stereocenters. The van der Waals surface area contributed by atoms with Gasteiger partial charge in [-0.15, -0.1) is 0 Å². The molecule has 1 amide bonds. The lowest BCUT2D eigenvalue weighted by Gasteiger charge is -2.08. The van der Waals surface area contributed by atoms with Gasteiger partial charge in [0.15, 0.2) is 0 Å². The molecule has 0 saturated heterocycles. The molecule has 0 spiro atoms. The van der Waals surface area contributed by atoms with Gasteiger partial charge in [-0.05, 0) is 24.3 Å². The number of carbonyl (C=O) groups is 1. The molecule has 0 heterocycles. The van der Waals surface area contributed by atoms with Gasteiger partial charge in [0.2, 0.25) is 5.91 Å².